The highest BCUT2D eigenvalue weighted by Crippen LogP contribution is 2.39. The smallest absolute Gasteiger partial charge is 0.419 e. The number of halogens is 6. The highest BCUT2D eigenvalue weighted by molar-refractivity contribution is 6.17. The summed E-state index contributed by atoms with van der Waals surface area (Å²) in [7, 11) is 0. The molecular weight excluding hydrogens is 315 g/mol. The number of alkyl halides is 4. The van der Waals surface area contributed by atoms with Crippen molar-refractivity contribution in [2.45, 2.75) is 12.1 Å². The first-order chi connectivity index (χ1) is 9.82. The number of benzene rings is 2. The summed E-state index contributed by atoms with van der Waals surface area (Å²) in [6, 6.07) is 5.98. The van der Waals surface area contributed by atoms with Gasteiger partial charge in [0, 0.05) is 5.88 Å². The van der Waals surface area contributed by atoms with E-state index in [0.29, 0.717) is 0 Å². The van der Waals surface area contributed by atoms with E-state index >= 15 is 0 Å². The molecule has 0 aliphatic carbocycles. The second-order valence-corrected chi connectivity index (χ2v) is 4.39. The fourth-order valence-corrected chi connectivity index (χ4v) is 1.84. The van der Waals surface area contributed by atoms with Crippen LogP contribution in [0.15, 0.2) is 36.4 Å². The maximum absolute atomic E-state index is 13.7. The van der Waals surface area contributed by atoms with Gasteiger partial charge in [-0.05, 0) is 29.8 Å². The quantitative estimate of drug-likeness (QED) is 0.534. The Morgan fingerprint density at radius 3 is 2.10 bits per heavy atom. The summed E-state index contributed by atoms with van der Waals surface area (Å²) < 4.78 is 70.6. The van der Waals surface area contributed by atoms with E-state index in [0.717, 1.165) is 30.3 Å². The lowest BCUT2D eigenvalue weighted by Gasteiger charge is -2.14. The van der Waals surface area contributed by atoms with Gasteiger partial charge in [-0.3, -0.25) is 0 Å². The molecule has 0 fully saturated rings. The van der Waals surface area contributed by atoms with Crippen LogP contribution < -0.4 is 4.74 Å². The maximum atomic E-state index is 13.7. The van der Waals surface area contributed by atoms with Crippen LogP contribution in [0.2, 0.25) is 0 Å². The van der Waals surface area contributed by atoms with Gasteiger partial charge < -0.3 is 4.74 Å². The lowest BCUT2D eigenvalue weighted by Crippen LogP contribution is -2.07. The summed E-state index contributed by atoms with van der Waals surface area (Å²) in [5.74, 6) is -3.96. The van der Waals surface area contributed by atoms with Gasteiger partial charge in [0.05, 0.1) is 5.56 Å². The van der Waals surface area contributed by atoms with E-state index in [9.17, 15) is 22.0 Å². The topological polar surface area (TPSA) is 9.23 Å². The molecule has 0 aliphatic heterocycles. The van der Waals surface area contributed by atoms with Crippen molar-refractivity contribution in [2.75, 3.05) is 0 Å². The lowest BCUT2D eigenvalue weighted by atomic mass is 10.2. The normalized spacial score (nSPS) is 11.5. The zero-order valence-electron chi connectivity index (χ0n) is 10.3. The molecule has 2 aromatic carbocycles. The maximum Gasteiger partial charge on any atom is 0.419 e. The second kappa shape index (κ2) is 5.89. The van der Waals surface area contributed by atoms with Crippen LogP contribution in [0.4, 0.5) is 22.0 Å². The first-order valence-corrected chi connectivity index (χ1v) is 6.24. The fourth-order valence-electron chi connectivity index (χ4n) is 1.69. The lowest BCUT2D eigenvalue weighted by molar-refractivity contribution is -0.138. The van der Waals surface area contributed by atoms with Crippen LogP contribution in [-0.2, 0) is 12.1 Å². The summed E-state index contributed by atoms with van der Waals surface area (Å²) in [4.78, 5) is 0. The molecular formula is C14H8ClF5O. The zero-order chi connectivity index (χ0) is 15.6. The SMILES string of the molecule is Fc1cc(CCl)cc(F)c1Oc1ccccc1C(F)(F)F. The molecule has 0 amide bonds. The second-order valence-electron chi connectivity index (χ2n) is 4.12. The molecule has 0 heterocycles. The van der Waals surface area contributed by atoms with Gasteiger partial charge in [0.25, 0.3) is 0 Å². The predicted octanol–water partition coefficient (Wildman–Crippen LogP) is 5.51. The minimum Gasteiger partial charge on any atom is -0.451 e. The Kier molecular flexibility index (Phi) is 4.37. The Morgan fingerprint density at radius 1 is 1.00 bits per heavy atom. The van der Waals surface area contributed by atoms with Crippen molar-refractivity contribution in [1.29, 1.82) is 0 Å². The molecule has 0 aromatic heterocycles. The Labute approximate surface area is 121 Å². The number of para-hydroxylation sites is 1. The van der Waals surface area contributed by atoms with Crippen LogP contribution in [0, 0.1) is 11.6 Å². The number of hydrogen-bond acceptors (Lipinski definition) is 1. The summed E-state index contributed by atoms with van der Waals surface area (Å²) in [5, 5.41) is 0. The molecule has 0 bridgehead atoms. The third-order valence-electron chi connectivity index (χ3n) is 2.62. The van der Waals surface area contributed by atoms with E-state index in [1.165, 1.54) is 6.07 Å². The van der Waals surface area contributed by atoms with E-state index < -0.39 is 34.9 Å². The van der Waals surface area contributed by atoms with Crippen LogP contribution in [0.1, 0.15) is 11.1 Å². The Hall–Kier alpha value is -1.82. The van der Waals surface area contributed by atoms with Gasteiger partial charge in [-0.2, -0.15) is 13.2 Å². The monoisotopic (exact) mass is 322 g/mol. The number of hydrogen-bond donors (Lipinski definition) is 0. The van der Waals surface area contributed by atoms with Gasteiger partial charge in [-0.1, -0.05) is 12.1 Å². The molecule has 7 heteroatoms. The van der Waals surface area contributed by atoms with Gasteiger partial charge in [0.2, 0.25) is 0 Å². The first-order valence-electron chi connectivity index (χ1n) is 5.71. The van der Waals surface area contributed by atoms with Crippen LogP contribution in [-0.4, -0.2) is 0 Å². The van der Waals surface area contributed by atoms with Gasteiger partial charge in [0.15, 0.2) is 17.4 Å². The van der Waals surface area contributed by atoms with Crippen molar-refractivity contribution in [1.82, 2.24) is 0 Å². The zero-order valence-corrected chi connectivity index (χ0v) is 11.1. The van der Waals surface area contributed by atoms with Gasteiger partial charge in [-0.15, -0.1) is 11.6 Å². The summed E-state index contributed by atoms with van der Waals surface area (Å²) in [6.07, 6.45) is -4.69. The predicted molar refractivity (Wildman–Crippen MR) is 67.4 cm³/mol. The molecule has 0 N–H and O–H groups in total. The van der Waals surface area contributed by atoms with E-state index in [1.54, 1.807) is 0 Å². The third-order valence-corrected chi connectivity index (χ3v) is 2.93. The van der Waals surface area contributed by atoms with Crippen molar-refractivity contribution >= 4 is 11.6 Å². The van der Waals surface area contributed by atoms with Crippen molar-refractivity contribution in [3.05, 3.63) is 59.2 Å². The van der Waals surface area contributed by atoms with E-state index in [-0.39, 0.29) is 11.4 Å². The van der Waals surface area contributed by atoms with Crippen LogP contribution in [0.3, 0.4) is 0 Å². The average Bonchev–Trinajstić information content (AvgIpc) is 2.42. The van der Waals surface area contributed by atoms with E-state index in [1.807, 2.05) is 0 Å². The van der Waals surface area contributed by atoms with Gasteiger partial charge in [0.1, 0.15) is 5.75 Å². The molecule has 21 heavy (non-hydrogen) atoms. The van der Waals surface area contributed by atoms with Gasteiger partial charge >= 0.3 is 6.18 Å². The Bertz CT molecular complexity index is 631. The third kappa shape index (κ3) is 3.44. The summed E-state index contributed by atoms with van der Waals surface area (Å²) >= 11 is 5.45. The summed E-state index contributed by atoms with van der Waals surface area (Å²) in [5.41, 5.74) is -0.964. The molecule has 112 valence electrons. The number of rotatable bonds is 3. The highest BCUT2D eigenvalue weighted by atomic mass is 35.5. The van der Waals surface area contributed by atoms with Crippen molar-refractivity contribution in [2.24, 2.45) is 0 Å². The summed E-state index contributed by atoms with van der Waals surface area (Å²) in [6.45, 7) is 0. The highest BCUT2D eigenvalue weighted by Gasteiger charge is 2.34. The number of ether oxygens (including phenoxy) is 1. The standard InChI is InChI=1S/C14H8ClF5O/c15-7-8-5-10(16)13(11(17)6-8)21-12-4-2-1-3-9(12)14(18,19)20/h1-6H,7H2. The molecule has 1 nitrogen and oxygen atoms in total. The average molecular weight is 323 g/mol. The molecule has 0 spiro atoms. The largest absolute Gasteiger partial charge is 0.451 e. The minimum atomic E-state index is -4.69. The van der Waals surface area contributed by atoms with Crippen LogP contribution >= 0.6 is 11.6 Å². The van der Waals surface area contributed by atoms with Crippen molar-refractivity contribution < 1.29 is 26.7 Å². The minimum absolute atomic E-state index is 0.132. The first kappa shape index (κ1) is 15.6. The molecule has 0 aliphatic rings. The molecule has 2 rings (SSSR count). The Morgan fingerprint density at radius 2 is 1.57 bits per heavy atom. The van der Waals surface area contributed by atoms with E-state index in [2.05, 4.69) is 0 Å². The molecule has 2 aromatic rings. The molecule has 0 radical (unpaired) electrons. The molecule has 0 saturated carbocycles. The Balaban J connectivity index is 2.44. The van der Waals surface area contributed by atoms with Crippen molar-refractivity contribution in [3.63, 3.8) is 0 Å². The van der Waals surface area contributed by atoms with E-state index in [4.69, 9.17) is 16.3 Å². The molecule has 0 saturated heterocycles. The molecule has 0 unspecified atom stereocenters. The molecule has 0 atom stereocenters. The fraction of sp³-hybridized carbons (Fsp3) is 0.143. The van der Waals surface area contributed by atoms with Crippen LogP contribution in [0.25, 0.3) is 0 Å². The van der Waals surface area contributed by atoms with Gasteiger partial charge in [-0.25, -0.2) is 8.78 Å². The van der Waals surface area contributed by atoms with Crippen LogP contribution in [0.5, 0.6) is 11.5 Å². The van der Waals surface area contributed by atoms with Crippen molar-refractivity contribution in [3.8, 4) is 11.5 Å².